The van der Waals surface area contributed by atoms with E-state index in [0.29, 0.717) is 79.6 Å². The van der Waals surface area contributed by atoms with E-state index in [4.69, 9.17) is 5.73 Å². The van der Waals surface area contributed by atoms with Gasteiger partial charge in [0.2, 0.25) is 29.5 Å². The smallest absolute Gasteiger partial charge is 0.352 e. The maximum atomic E-state index is 12.7. The van der Waals surface area contributed by atoms with Crippen LogP contribution < -0.4 is 43.0 Å². The summed E-state index contributed by atoms with van der Waals surface area (Å²) in [5, 5.41) is 39.0. The molecule has 8 amide bonds. The maximum absolute atomic E-state index is 12.7. The molecule has 3 saturated heterocycles. The van der Waals surface area contributed by atoms with Gasteiger partial charge in [-0.25, -0.2) is 14.4 Å². The van der Waals surface area contributed by atoms with Gasteiger partial charge in [-0.05, 0) is 68.4 Å². The molecule has 5 rings (SSSR count). The normalized spacial score (nSPS) is 20.9. The van der Waals surface area contributed by atoms with Crippen molar-refractivity contribution in [3.63, 3.8) is 0 Å². The molecule has 0 bridgehead atoms. The number of amides is 8. The van der Waals surface area contributed by atoms with E-state index < -0.39 is 47.1 Å². The summed E-state index contributed by atoms with van der Waals surface area (Å²) >= 11 is 5.67. The largest absolute Gasteiger partial charge is 0.480 e. The second kappa shape index (κ2) is 27.4. The second-order valence-corrected chi connectivity index (χ2v) is 20.9. The summed E-state index contributed by atoms with van der Waals surface area (Å²) in [5.41, 5.74) is 6.31. The second-order valence-electron chi connectivity index (χ2n) is 16.4. The number of nitrogens with two attached hydrogens (primary N) is 1. The zero-order valence-electron chi connectivity index (χ0n) is 37.1. The average molecular weight is 1010 g/mol. The molecule has 11 N–H and O–H groups in total. The molecule has 4 heterocycles. The van der Waals surface area contributed by atoms with Crippen molar-refractivity contribution in [3.8, 4) is 0 Å². The van der Waals surface area contributed by atoms with Crippen LogP contribution in [0.4, 0.5) is 10.5 Å². The van der Waals surface area contributed by atoms with E-state index in [9.17, 15) is 53.4 Å². The highest BCUT2D eigenvalue weighted by Crippen LogP contribution is 2.41. The summed E-state index contributed by atoms with van der Waals surface area (Å²) < 4.78 is 0. The highest BCUT2D eigenvalue weighted by atomic mass is 32.2. The average Bonchev–Trinajstić information content (AvgIpc) is 3.86. The van der Waals surface area contributed by atoms with Crippen molar-refractivity contribution in [2.45, 2.75) is 117 Å². The Labute approximate surface area is 406 Å². The van der Waals surface area contributed by atoms with Crippen LogP contribution in [0.15, 0.2) is 40.4 Å². The van der Waals surface area contributed by atoms with Crippen LogP contribution in [0.3, 0.4) is 0 Å². The molecule has 6 atom stereocenters. The number of β-lactam (4-membered cyclic amide) rings is 1. The molecule has 0 spiro atoms. The van der Waals surface area contributed by atoms with Crippen LogP contribution >= 0.6 is 47.0 Å². The number of hydrogen-bond donors (Lipinski definition) is 10. The number of rotatable bonds is 30. The van der Waals surface area contributed by atoms with E-state index in [1.54, 1.807) is 24.3 Å². The van der Waals surface area contributed by atoms with Gasteiger partial charge in [-0.2, -0.15) is 11.8 Å². The van der Waals surface area contributed by atoms with Crippen molar-refractivity contribution >= 4 is 106 Å². The van der Waals surface area contributed by atoms with E-state index in [-0.39, 0.29) is 66.0 Å². The van der Waals surface area contributed by atoms with Crippen LogP contribution in [0.5, 0.6) is 0 Å². The molecule has 6 unspecified atom stereocenters. The Morgan fingerprint density at radius 3 is 2.10 bits per heavy atom. The first kappa shape index (κ1) is 53.3. The first-order valence-electron chi connectivity index (χ1n) is 22.5. The molecule has 4 aliphatic heterocycles. The molecular weight excluding hydrogens is 947 g/mol. The summed E-state index contributed by atoms with van der Waals surface area (Å²) in [6.45, 7) is 0.769. The lowest BCUT2D eigenvalue weighted by Gasteiger charge is -2.49. The van der Waals surface area contributed by atoms with E-state index >= 15 is 0 Å². The number of aliphatic carboxylic acids is 2. The third-order valence-electron chi connectivity index (χ3n) is 11.3. The van der Waals surface area contributed by atoms with Gasteiger partial charge in [0.25, 0.3) is 5.91 Å². The zero-order valence-corrected chi connectivity index (χ0v) is 40.4. The molecule has 0 saturated carbocycles. The van der Waals surface area contributed by atoms with Crippen molar-refractivity contribution < 1.29 is 53.4 Å². The van der Waals surface area contributed by atoms with Crippen molar-refractivity contribution in [1.82, 2.24) is 36.8 Å². The molecule has 368 valence electrons. The van der Waals surface area contributed by atoms with Gasteiger partial charge >= 0.3 is 18.0 Å². The van der Waals surface area contributed by atoms with E-state index in [1.165, 1.54) is 28.4 Å². The minimum atomic E-state index is -1.23. The number of carboxylic acids is 2. The van der Waals surface area contributed by atoms with Gasteiger partial charge in [0.1, 0.15) is 23.2 Å². The number of hydrogen-bond acceptors (Lipinski definition) is 14. The van der Waals surface area contributed by atoms with Crippen LogP contribution in [0.2, 0.25) is 0 Å². The van der Waals surface area contributed by atoms with E-state index in [1.807, 2.05) is 11.8 Å². The molecule has 1 aromatic carbocycles. The van der Waals surface area contributed by atoms with Crippen molar-refractivity contribution in [1.29, 1.82) is 0 Å². The van der Waals surface area contributed by atoms with Crippen LogP contribution in [-0.2, 0) is 38.4 Å². The fourth-order valence-corrected chi connectivity index (χ4v) is 12.6. The number of unbranched alkanes of at least 4 members (excludes halogenated alkanes) is 5. The van der Waals surface area contributed by atoms with Gasteiger partial charge in [0.05, 0.1) is 24.4 Å². The lowest BCUT2D eigenvalue weighted by molar-refractivity contribution is -0.150. The SMILES string of the molecule is NCC(=O)NC1C(=O)N2C(C(=O)O)=C(CSc3ccc(NC(=O)CSCC(NC(=O)CCCCCNC(=O)CCCCCNC(=O)CCCCC4SCC5NC(=O)NC54)C(=O)O)cc3)CSC12. The number of nitrogens with zero attached hydrogens (tertiary/aromatic N) is 1. The van der Waals surface area contributed by atoms with Crippen LogP contribution in [0.25, 0.3) is 0 Å². The molecule has 20 nitrogen and oxygen atoms in total. The maximum Gasteiger partial charge on any atom is 0.352 e. The molecule has 0 aromatic heterocycles. The predicted octanol–water partition coefficient (Wildman–Crippen LogP) is 1.80. The Morgan fingerprint density at radius 1 is 0.806 bits per heavy atom. The zero-order chi connectivity index (χ0) is 48.3. The molecular formula is C43H61N9O11S4. The van der Waals surface area contributed by atoms with Gasteiger partial charge < -0.3 is 53.2 Å². The van der Waals surface area contributed by atoms with Crippen LogP contribution in [0, 0.1) is 0 Å². The van der Waals surface area contributed by atoms with Crippen LogP contribution in [0.1, 0.15) is 77.0 Å². The quantitative estimate of drug-likeness (QED) is 0.0227. The number of fused-ring (bicyclic) bond motifs is 2. The number of urea groups is 1. The summed E-state index contributed by atoms with van der Waals surface area (Å²) in [4.78, 5) is 111. The minimum absolute atomic E-state index is 0.0205. The number of benzene rings is 1. The first-order valence-corrected chi connectivity index (χ1v) is 26.7. The lowest BCUT2D eigenvalue weighted by atomic mass is 10.0. The summed E-state index contributed by atoms with van der Waals surface area (Å²) in [5.74, 6) is -2.71. The van der Waals surface area contributed by atoms with Gasteiger partial charge in [0.15, 0.2) is 0 Å². The van der Waals surface area contributed by atoms with Crippen molar-refractivity contribution in [3.05, 3.63) is 35.5 Å². The Bertz CT molecular complexity index is 2000. The van der Waals surface area contributed by atoms with Gasteiger partial charge in [-0.1, -0.05) is 19.3 Å². The predicted molar refractivity (Wildman–Crippen MR) is 258 cm³/mol. The highest BCUT2D eigenvalue weighted by molar-refractivity contribution is 8.01. The molecule has 0 aliphatic carbocycles. The fourth-order valence-electron chi connectivity index (χ4n) is 7.82. The number of thioether (sulfide) groups is 4. The van der Waals surface area contributed by atoms with Crippen LogP contribution in [-0.4, -0.2) is 152 Å². The number of carbonyl (C=O) groups is 9. The summed E-state index contributed by atoms with van der Waals surface area (Å²) in [6, 6.07) is 5.19. The number of nitrogens with one attached hydrogen (secondary N) is 7. The first-order chi connectivity index (χ1) is 32.2. The fraction of sp³-hybridized carbons (Fsp3) is 0.605. The third-order valence-corrected chi connectivity index (χ3v) is 16.3. The number of carbonyl (C=O) groups excluding carboxylic acids is 7. The molecule has 24 heteroatoms. The Morgan fingerprint density at radius 2 is 1.46 bits per heavy atom. The Kier molecular flexibility index (Phi) is 21.8. The summed E-state index contributed by atoms with van der Waals surface area (Å²) in [7, 11) is 0. The minimum Gasteiger partial charge on any atom is -0.480 e. The van der Waals surface area contributed by atoms with Gasteiger partial charge in [-0.3, -0.25) is 33.7 Å². The molecule has 3 fully saturated rings. The number of carboxylic acid groups (broad SMARTS) is 2. The molecule has 67 heavy (non-hydrogen) atoms. The Hall–Kier alpha value is -4.65. The monoisotopic (exact) mass is 1010 g/mol. The Balaban J connectivity index is 0.847. The van der Waals surface area contributed by atoms with Gasteiger partial charge in [0, 0.05) is 71.2 Å². The molecule has 4 aliphatic rings. The van der Waals surface area contributed by atoms with Crippen molar-refractivity contribution in [2.24, 2.45) is 5.73 Å². The molecule has 1 aromatic rings. The standard InChI is InChI=1S/C43H61N9O11S4/c44-19-34(56)50-37-39(58)52-38(42(61)62)25(21-67-40(37)52)20-65-27-15-13-26(14-16-27)47-35(57)24-64-22-29(41(59)60)48-33(55)12-4-2-8-18-45-31(53)10-3-1-7-17-46-32(54)11-6-5-9-30-36-28(23-66-30)49-43(63)51-36/h13-16,28-30,36-37,40H,1-12,17-24,44H2,(H,45,53)(H,46,54)(H,47,57)(H,48,55)(H,50,56)(H,59,60)(H,61,62)(H2,49,51,63). The summed E-state index contributed by atoms with van der Waals surface area (Å²) in [6.07, 6.45) is 7.90. The highest BCUT2D eigenvalue weighted by Gasteiger charge is 2.54. The van der Waals surface area contributed by atoms with E-state index in [0.717, 1.165) is 54.5 Å². The molecule has 0 radical (unpaired) electrons. The topological polar surface area (TPSA) is 308 Å². The van der Waals surface area contributed by atoms with E-state index in [2.05, 4.69) is 37.2 Å². The lowest BCUT2D eigenvalue weighted by Crippen LogP contribution is -2.71. The van der Waals surface area contributed by atoms with Crippen molar-refractivity contribution in [2.75, 3.05) is 53.7 Å². The number of anilines is 1. The van der Waals surface area contributed by atoms with Gasteiger partial charge in [-0.15, -0.1) is 35.3 Å². The third kappa shape index (κ3) is 16.8.